The highest BCUT2D eigenvalue weighted by Crippen LogP contribution is 2.33. The van der Waals surface area contributed by atoms with E-state index in [-0.39, 0.29) is 17.7 Å². The lowest BCUT2D eigenvalue weighted by Crippen LogP contribution is -2.27. The quantitative estimate of drug-likeness (QED) is 0.492. The maximum absolute atomic E-state index is 13.4. The lowest BCUT2D eigenvalue weighted by molar-refractivity contribution is -0.116. The summed E-state index contributed by atoms with van der Waals surface area (Å²) in [6.07, 6.45) is 1.48. The Balaban J connectivity index is 1.43. The van der Waals surface area contributed by atoms with E-state index in [0.717, 1.165) is 17.8 Å². The fourth-order valence-corrected chi connectivity index (χ4v) is 4.67. The van der Waals surface area contributed by atoms with E-state index in [9.17, 15) is 18.4 Å². The maximum Gasteiger partial charge on any atom is 0.265 e. The van der Waals surface area contributed by atoms with E-state index in [2.05, 4.69) is 15.4 Å². The van der Waals surface area contributed by atoms with Crippen LogP contribution in [0.25, 0.3) is 16.7 Å². The van der Waals surface area contributed by atoms with Gasteiger partial charge in [-0.25, -0.2) is 18.4 Å². The van der Waals surface area contributed by atoms with Crippen LogP contribution in [0.2, 0.25) is 0 Å². The van der Waals surface area contributed by atoms with Crippen molar-refractivity contribution in [2.24, 2.45) is 0 Å². The summed E-state index contributed by atoms with van der Waals surface area (Å²) < 4.78 is 29.6. The van der Waals surface area contributed by atoms with Crippen molar-refractivity contribution in [3.8, 4) is 5.69 Å². The van der Waals surface area contributed by atoms with Gasteiger partial charge in [0.25, 0.3) is 5.56 Å². The van der Waals surface area contributed by atoms with Crippen LogP contribution >= 0.6 is 11.8 Å². The Hall–Kier alpha value is -3.53. The van der Waals surface area contributed by atoms with Crippen molar-refractivity contribution < 1.29 is 13.6 Å². The van der Waals surface area contributed by atoms with Gasteiger partial charge in [-0.1, -0.05) is 30.0 Å². The lowest BCUT2D eigenvalue weighted by atomic mass is 10.2. The average molecular weight is 439 g/mol. The third-order valence-electron chi connectivity index (χ3n) is 5.00. The number of hydrogen-bond donors (Lipinski definition) is 1. The largest absolute Gasteiger partial charge is 0.326 e. The first-order valence-corrected chi connectivity index (χ1v) is 10.4. The molecule has 156 valence electrons. The predicted molar refractivity (Wildman–Crippen MR) is 112 cm³/mol. The fourth-order valence-electron chi connectivity index (χ4n) is 3.54. The molecule has 10 heteroatoms. The SMILES string of the molecule is O=C(C[C@H]1CSc2nc3c(cnn3-c3ccccc3)c(=O)n21)Nc1ccc(F)c(F)c1. The van der Waals surface area contributed by atoms with Gasteiger partial charge in [0.1, 0.15) is 5.39 Å². The molecule has 31 heavy (non-hydrogen) atoms. The molecule has 0 spiro atoms. The number of halogens is 2. The van der Waals surface area contributed by atoms with Gasteiger partial charge in [0.15, 0.2) is 22.4 Å². The topological polar surface area (TPSA) is 81.8 Å². The normalized spacial score (nSPS) is 15.2. The summed E-state index contributed by atoms with van der Waals surface area (Å²) in [6.45, 7) is 0. The molecule has 0 unspecified atom stereocenters. The highest BCUT2D eigenvalue weighted by molar-refractivity contribution is 7.99. The Bertz CT molecular complexity index is 1370. The molecular weight excluding hydrogens is 424 g/mol. The van der Waals surface area contributed by atoms with Gasteiger partial charge in [-0.3, -0.25) is 14.2 Å². The second-order valence-corrected chi connectivity index (χ2v) is 8.03. The summed E-state index contributed by atoms with van der Waals surface area (Å²) >= 11 is 1.39. The third-order valence-corrected chi connectivity index (χ3v) is 6.09. The number of hydrogen-bond acceptors (Lipinski definition) is 5. The number of thioether (sulfide) groups is 1. The van der Waals surface area contributed by atoms with Gasteiger partial charge in [-0.05, 0) is 24.3 Å². The van der Waals surface area contributed by atoms with Crippen molar-refractivity contribution in [1.29, 1.82) is 0 Å². The van der Waals surface area contributed by atoms with Crippen molar-refractivity contribution in [2.75, 3.05) is 11.1 Å². The molecule has 0 bridgehead atoms. The number of carbonyl (C=O) groups excluding carboxylic acids is 1. The summed E-state index contributed by atoms with van der Waals surface area (Å²) in [6, 6.07) is 12.1. The number of benzene rings is 2. The van der Waals surface area contributed by atoms with Crippen LogP contribution < -0.4 is 10.9 Å². The highest BCUT2D eigenvalue weighted by Gasteiger charge is 2.29. The molecule has 1 N–H and O–H groups in total. The average Bonchev–Trinajstić information content (AvgIpc) is 3.36. The molecule has 0 radical (unpaired) electrons. The van der Waals surface area contributed by atoms with Crippen molar-refractivity contribution in [1.82, 2.24) is 19.3 Å². The van der Waals surface area contributed by atoms with E-state index in [1.165, 1.54) is 28.6 Å². The van der Waals surface area contributed by atoms with E-state index in [1.54, 1.807) is 4.68 Å². The first kappa shape index (κ1) is 19.4. The number of carbonyl (C=O) groups is 1. The summed E-state index contributed by atoms with van der Waals surface area (Å²) in [5.74, 6) is -1.94. The van der Waals surface area contributed by atoms with Gasteiger partial charge in [0.05, 0.1) is 17.9 Å². The van der Waals surface area contributed by atoms with Crippen molar-refractivity contribution in [2.45, 2.75) is 17.6 Å². The molecule has 7 nitrogen and oxygen atoms in total. The molecule has 1 aliphatic heterocycles. The van der Waals surface area contributed by atoms with Crippen LogP contribution in [0.15, 0.2) is 64.7 Å². The second-order valence-electron chi connectivity index (χ2n) is 7.04. The number of nitrogens with zero attached hydrogens (tertiary/aromatic N) is 4. The molecule has 0 aliphatic carbocycles. The van der Waals surface area contributed by atoms with Crippen LogP contribution in [0.5, 0.6) is 0 Å². The Morgan fingerprint density at radius 2 is 1.97 bits per heavy atom. The number of rotatable bonds is 4. The number of aromatic nitrogens is 4. The van der Waals surface area contributed by atoms with Crippen molar-refractivity contribution in [3.63, 3.8) is 0 Å². The first-order valence-electron chi connectivity index (χ1n) is 9.44. The van der Waals surface area contributed by atoms with Gasteiger partial charge in [0.2, 0.25) is 5.91 Å². The molecule has 2 aromatic carbocycles. The van der Waals surface area contributed by atoms with Gasteiger partial charge in [-0.15, -0.1) is 0 Å². The van der Waals surface area contributed by atoms with Crippen molar-refractivity contribution in [3.05, 3.63) is 76.7 Å². The molecule has 4 aromatic rings. The van der Waals surface area contributed by atoms with Gasteiger partial charge >= 0.3 is 0 Å². The van der Waals surface area contributed by atoms with Crippen molar-refractivity contribution >= 4 is 34.4 Å². The molecule has 1 amide bonds. The van der Waals surface area contributed by atoms with Crippen LogP contribution in [0.3, 0.4) is 0 Å². The molecule has 2 aromatic heterocycles. The molecule has 1 atom stereocenters. The number of fused-ring (bicyclic) bond motifs is 2. The molecule has 5 rings (SSSR count). The minimum Gasteiger partial charge on any atom is -0.326 e. The van der Waals surface area contributed by atoms with Gasteiger partial charge < -0.3 is 5.32 Å². The molecule has 1 aliphatic rings. The minimum atomic E-state index is -1.04. The Labute approximate surface area is 178 Å². The van der Waals surface area contributed by atoms with E-state index < -0.39 is 23.6 Å². The first-order chi connectivity index (χ1) is 15.0. The second kappa shape index (κ2) is 7.62. The Morgan fingerprint density at radius 1 is 1.16 bits per heavy atom. The fraction of sp³-hybridized carbons (Fsp3) is 0.143. The van der Waals surface area contributed by atoms with Gasteiger partial charge in [0, 0.05) is 23.9 Å². The molecule has 0 saturated heterocycles. The smallest absolute Gasteiger partial charge is 0.265 e. The summed E-state index contributed by atoms with van der Waals surface area (Å²) in [5.41, 5.74) is 1.14. The summed E-state index contributed by atoms with van der Waals surface area (Å²) in [5, 5.41) is 7.73. The van der Waals surface area contributed by atoms with E-state index >= 15 is 0 Å². The molecule has 0 saturated carbocycles. The molecular formula is C21H15F2N5O2S. The standard InChI is InChI=1S/C21H15F2N5O2S/c22-16-7-6-12(8-17(16)23)25-18(29)9-14-11-31-21-26-19-15(20(30)27(14)21)10-24-28(19)13-4-2-1-3-5-13/h1-8,10,14H,9,11H2,(H,25,29)/t14-/m0/s1. The van der Waals surface area contributed by atoms with Crippen LogP contribution in [0.1, 0.15) is 12.5 Å². The number of para-hydroxylation sites is 1. The van der Waals surface area contributed by atoms with Crippen LogP contribution in [0.4, 0.5) is 14.5 Å². The monoisotopic (exact) mass is 439 g/mol. The predicted octanol–water partition coefficient (Wildman–Crippen LogP) is 3.54. The summed E-state index contributed by atoms with van der Waals surface area (Å²) in [4.78, 5) is 30.2. The Kier molecular flexibility index (Phi) is 4.78. The van der Waals surface area contributed by atoms with Crippen LogP contribution in [-0.4, -0.2) is 31.0 Å². The van der Waals surface area contributed by atoms with Crippen LogP contribution in [0, 0.1) is 11.6 Å². The summed E-state index contributed by atoms with van der Waals surface area (Å²) in [7, 11) is 0. The van der Waals surface area contributed by atoms with Crippen LogP contribution in [-0.2, 0) is 4.79 Å². The molecule has 3 heterocycles. The zero-order valence-electron chi connectivity index (χ0n) is 16.0. The Morgan fingerprint density at radius 3 is 2.74 bits per heavy atom. The number of anilines is 1. The zero-order chi connectivity index (χ0) is 21.5. The van der Waals surface area contributed by atoms with E-state index in [1.807, 2.05) is 30.3 Å². The van der Waals surface area contributed by atoms with Gasteiger partial charge in [-0.2, -0.15) is 5.10 Å². The lowest BCUT2D eigenvalue weighted by Gasteiger charge is -2.13. The number of amides is 1. The zero-order valence-corrected chi connectivity index (χ0v) is 16.8. The maximum atomic E-state index is 13.4. The molecule has 0 fully saturated rings. The van der Waals surface area contributed by atoms with E-state index in [4.69, 9.17) is 0 Å². The van der Waals surface area contributed by atoms with E-state index in [0.29, 0.717) is 21.9 Å². The third kappa shape index (κ3) is 3.48. The minimum absolute atomic E-state index is 0.00108. The highest BCUT2D eigenvalue weighted by atomic mass is 32.2. The number of nitrogens with one attached hydrogen (secondary N) is 1.